The number of hydrogen-bond acceptors (Lipinski definition) is 5. The summed E-state index contributed by atoms with van der Waals surface area (Å²) in [5, 5.41) is 5.52. The molecule has 1 unspecified atom stereocenters. The van der Waals surface area contributed by atoms with Gasteiger partial charge in [-0.25, -0.2) is 8.42 Å². The number of piperazine rings is 1. The summed E-state index contributed by atoms with van der Waals surface area (Å²) in [6.45, 7) is 1.64. The van der Waals surface area contributed by atoms with E-state index >= 15 is 0 Å². The van der Waals surface area contributed by atoms with Gasteiger partial charge in [0, 0.05) is 40.4 Å². The topological polar surface area (TPSA) is 87.7 Å². The molecule has 1 atom stereocenters. The Morgan fingerprint density at radius 2 is 2.28 bits per heavy atom. The average molecular weight is 279 g/mol. The maximum atomic E-state index is 12.2. The van der Waals surface area contributed by atoms with Crippen LogP contribution in [-0.2, 0) is 19.6 Å². The number of rotatable bonds is 6. The van der Waals surface area contributed by atoms with E-state index in [-0.39, 0.29) is 11.7 Å². The fourth-order valence-electron chi connectivity index (χ4n) is 1.91. The summed E-state index contributed by atoms with van der Waals surface area (Å²) in [6, 6.07) is -0.656. The SMILES string of the molecule is CNC(=O)C1CNCCN1S(=O)(=O)CCCOC. The van der Waals surface area contributed by atoms with Gasteiger partial charge in [-0.2, -0.15) is 4.31 Å². The minimum atomic E-state index is -3.41. The van der Waals surface area contributed by atoms with Gasteiger partial charge in [0.1, 0.15) is 6.04 Å². The molecule has 0 aromatic carbocycles. The van der Waals surface area contributed by atoms with Crippen LogP contribution in [0.5, 0.6) is 0 Å². The highest BCUT2D eigenvalue weighted by atomic mass is 32.2. The Balaban J connectivity index is 2.73. The minimum absolute atomic E-state index is 0.00827. The van der Waals surface area contributed by atoms with E-state index in [1.165, 1.54) is 18.5 Å². The van der Waals surface area contributed by atoms with Crippen LogP contribution in [0.1, 0.15) is 6.42 Å². The van der Waals surface area contributed by atoms with Crippen LogP contribution in [0.3, 0.4) is 0 Å². The zero-order valence-electron chi connectivity index (χ0n) is 10.8. The van der Waals surface area contributed by atoms with E-state index in [1.54, 1.807) is 0 Å². The lowest BCUT2D eigenvalue weighted by Gasteiger charge is -2.33. The van der Waals surface area contributed by atoms with Gasteiger partial charge in [0.2, 0.25) is 15.9 Å². The lowest BCUT2D eigenvalue weighted by atomic mass is 10.2. The highest BCUT2D eigenvalue weighted by molar-refractivity contribution is 7.89. The molecule has 7 nitrogen and oxygen atoms in total. The highest BCUT2D eigenvalue weighted by Gasteiger charge is 2.35. The van der Waals surface area contributed by atoms with Gasteiger partial charge in [-0.05, 0) is 6.42 Å². The molecule has 1 rings (SSSR count). The molecule has 0 aromatic heterocycles. The van der Waals surface area contributed by atoms with Crippen LogP contribution in [0.15, 0.2) is 0 Å². The van der Waals surface area contributed by atoms with Crippen LogP contribution in [-0.4, -0.2) is 70.8 Å². The molecule has 1 saturated heterocycles. The average Bonchev–Trinajstić information content (AvgIpc) is 2.38. The first-order valence-electron chi connectivity index (χ1n) is 5.93. The van der Waals surface area contributed by atoms with Gasteiger partial charge in [-0.1, -0.05) is 0 Å². The highest BCUT2D eigenvalue weighted by Crippen LogP contribution is 2.11. The van der Waals surface area contributed by atoms with Crippen molar-refractivity contribution in [3.05, 3.63) is 0 Å². The maximum Gasteiger partial charge on any atom is 0.239 e. The number of carbonyl (C=O) groups excluding carboxylic acids is 1. The lowest BCUT2D eigenvalue weighted by Crippen LogP contribution is -2.59. The molecule has 0 spiro atoms. The summed E-state index contributed by atoms with van der Waals surface area (Å²) in [6.07, 6.45) is 0.434. The van der Waals surface area contributed by atoms with Gasteiger partial charge in [0.05, 0.1) is 5.75 Å². The largest absolute Gasteiger partial charge is 0.385 e. The van der Waals surface area contributed by atoms with Crippen molar-refractivity contribution in [2.24, 2.45) is 0 Å². The summed E-state index contributed by atoms with van der Waals surface area (Å²) in [5.74, 6) is -0.272. The molecule has 0 saturated carbocycles. The van der Waals surface area contributed by atoms with Crippen molar-refractivity contribution < 1.29 is 17.9 Å². The van der Waals surface area contributed by atoms with Crippen LogP contribution < -0.4 is 10.6 Å². The molecular formula is C10H21N3O4S. The first kappa shape index (κ1) is 15.4. The Hall–Kier alpha value is -0.700. The number of sulfonamides is 1. The van der Waals surface area contributed by atoms with E-state index in [2.05, 4.69) is 10.6 Å². The molecule has 106 valence electrons. The smallest absolute Gasteiger partial charge is 0.239 e. The summed E-state index contributed by atoms with van der Waals surface area (Å²) < 4.78 is 30.4. The van der Waals surface area contributed by atoms with E-state index < -0.39 is 16.1 Å². The van der Waals surface area contributed by atoms with Gasteiger partial charge in [0.15, 0.2) is 0 Å². The Morgan fingerprint density at radius 1 is 1.56 bits per heavy atom. The fraction of sp³-hybridized carbons (Fsp3) is 0.900. The number of carbonyl (C=O) groups is 1. The third kappa shape index (κ3) is 3.91. The molecule has 18 heavy (non-hydrogen) atoms. The molecule has 1 fully saturated rings. The van der Waals surface area contributed by atoms with Gasteiger partial charge in [-0.3, -0.25) is 4.79 Å². The number of amides is 1. The van der Waals surface area contributed by atoms with Crippen molar-refractivity contribution in [3.63, 3.8) is 0 Å². The molecule has 1 aliphatic rings. The second-order valence-corrected chi connectivity index (χ2v) is 6.15. The third-order valence-corrected chi connectivity index (χ3v) is 4.81. The zero-order valence-corrected chi connectivity index (χ0v) is 11.6. The molecule has 0 bridgehead atoms. The summed E-state index contributed by atoms with van der Waals surface area (Å²) in [5.41, 5.74) is 0. The molecule has 1 amide bonds. The van der Waals surface area contributed by atoms with E-state index in [4.69, 9.17) is 4.74 Å². The Bertz CT molecular complexity index is 371. The van der Waals surface area contributed by atoms with E-state index in [1.807, 2.05) is 0 Å². The van der Waals surface area contributed by atoms with Crippen molar-refractivity contribution in [2.45, 2.75) is 12.5 Å². The second-order valence-electron chi connectivity index (χ2n) is 4.11. The summed E-state index contributed by atoms with van der Waals surface area (Å²) in [7, 11) is -0.368. The number of nitrogens with zero attached hydrogens (tertiary/aromatic N) is 1. The van der Waals surface area contributed by atoms with Crippen molar-refractivity contribution in [3.8, 4) is 0 Å². The Labute approximate surface area is 108 Å². The molecule has 0 radical (unpaired) electrons. The van der Waals surface area contributed by atoms with Crippen LogP contribution >= 0.6 is 0 Å². The number of methoxy groups -OCH3 is 1. The Morgan fingerprint density at radius 3 is 2.89 bits per heavy atom. The molecule has 0 aromatic rings. The molecule has 2 N–H and O–H groups in total. The van der Waals surface area contributed by atoms with E-state index in [0.717, 1.165) is 0 Å². The van der Waals surface area contributed by atoms with Crippen LogP contribution in [0.25, 0.3) is 0 Å². The second kappa shape index (κ2) is 7.03. The normalized spacial score (nSPS) is 21.8. The third-order valence-electron chi connectivity index (χ3n) is 2.85. The van der Waals surface area contributed by atoms with Crippen LogP contribution in [0.2, 0.25) is 0 Å². The fourth-order valence-corrected chi connectivity index (χ4v) is 3.56. The monoisotopic (exact) mass is 279 g/mol. The minimum Gasteiger partial charge on any atom is -0.385 e. The number of likely N-dealkylation sites (N-methyl/N-ethyl adjacent to an activating group) is 1. The predicted octanol–water partition coefficient (Wildman–Crippen LogP) is -1.63. The summed E-state index contributed by atoms with van der Waals surface area (Å²) in [4.78, 5) is 11.7. The van der Waals surface area contributed by atoms with E-state index in [0.29, 0.717) is 32.7 Å². The van der Waals surface area contributed by atoms with Gasteiger partial charge in [-0.15, -0.1) is 0 Å². The number of ether oxygens (including phenoxy) is 1. The van der Waals surface area contributed by atoms with Crippen molar-refractivity contribution in [2.75, 3.05) is 46.2 Å². The van der Waals surface area contributed by atoms with Crippen molar-refractivity contribution in [1.82, 2.24) is 14.9 Å². The maximum absolute atomic E-state index is 12.2. The Kier molecular flexibility index (Phi) is 6.00. The number of hydrogen-bond donors (Lipinski definition) is 2. The van der Waals surface area contributed by atoms with E-state index in [9.17, 15) is 13.2 Å². The molecule has 1 aliphatic heterocycles. The molecule has 1 heterocycles. The first-order valence-corrected chi connectivity index (χ1v) is 7.54. The zero-order chi connectivity index (χ0) is 13.6. The summed E-state index contributed by atoms with van der Waals surface area (Å²) >= 11 is 0. The molecular weight excluding hydrogens is 258 g/mol. The van der Waals surface area contributed by atoms with Crippen LogP contribution in [0, 0.1) is 0 Å². The lowest BCUT2D eigenvalue weighted by molar-refractivity contribution is -0.124. The van der Waals surface area contributed by atoms with Crippen molar-refractivity contribution >= 4 is 15.9 Å². The number of nitrogens with one attached hydrogen (secondary N) is 2. The van der Waals surface area contributed by atoms with Crippen molar-refractivity contribution in [1.29, 1.82) is 0 Å². The van der Waals surface area contributed by atoms with Crippen LogP contribution in [0.4, 0.5) is 0 Å². The molecule has 8 heteroatoms. The van der Waals surface area contributed by atoms with Gasteiger partial charge >= 0.3 is 0 Å². The molecule has 0 aliphatic carbocycles. The first-order chi connectivity index (χ1) is 8.53. The predicted molar refractivity (Wildman–Crippen MR) is 67.7 cm³/mol. The standard InChI is InChI=1S/C10H21N3O4S/c1-11-10(14)9-8-12-4-5-13(9)18(15,16)7-3-6-17-2/h9,12H,3-8H2,1-2H3,(H,11,14). The van der Waals surface area contributed by atoms with Gasteiger partial charge in [0.25, 0.3) is 0 Å². The van der Waals surface area contributed by atoms with Gasteiger partial charge < -0.3 is 15.4 Å². The quantitative estimate of drug-likeness (QED) is 0.570.